The maximum atomic E-state index is 12.4. The molecule has 0 aromatic heterocycles. The van der Waals surface area contributed by atoms with E-state index < -0.39 is 17.5 Å². The number of carbonyl (C=O) groups excluding carboxylic acids is 3. The predicted molar refractivity (Wildman–Crippen MR) is 95.5 cm³/mol. The summed E-state index contributed by atoms with van der Waals surface area (Å²) in [5.74, 6) is -1.28. The van der Waals surface area contributed by atoms with E-state index >= 15 is 0 Å². The van der Waals surface area contributed by atoms with Crippen molar-refractivity contribution in [3.8, 4) is 0 Å². The van der Waals surface area contributed by atoms with Gasteiger partial charge in [-0.15, -0.1) is 0 Å². The second-order valence-electron chi connectivity index (χ2n) is 7.37. The molecular weight excluding hydrogens is 320 g/mol. The summed E-state index contributed by atoms with van der Waals surface area (Å²) in [6.07, 6.45) is 1.21. The van der Waals surface area contributed by atoms with Crippen molar-refractivity contribution in [2.45, 2.75) is 59.5 Å². The lowest BCUT2D eigenvalue weighted by Gasteiger charge is -2.23. The fraction of sp³-hybridized carbons (Fsp3) is 0.550. The summed E-state index contributed by atoms with van der Waals surface area (Å²) in [5, 5.41) is 0. The van der Waals surface area contributed by atoms with Gasteiger partial charge in [0, 0.05) is 6.42 Å². The zero-order valence-corrected chi connectivity index (χ0v) is 16.0. The van der Waals surface area contributed by atoms with Crippen LogP contribution in [-0.4, -0.2) is 30.4 Å². The van der Waals surface area contributed by atoms with Crippen molar-refractivity contribution in [3.05, 3.63) is 34.9 Å². The Kier molecular flexibility index (Phi) is 7.34. The van der Waals surface area contributed by atoms with E-state index in [1.54, 1.807) is 32.9 Å². The van der Waals surface area contributed by atoms with Crippen LogP contribution in [0.1, 0.15) is 62.0 Å². The Balaban J connectivity index is 2.89. The summed E-state index contributed by atoms with van der Waals surface area (Å²) in [6.45, 7) is 8.78. The van der Waals surface area contributed by atoms with Crippen LogP contribution in [0.2, 0.25) is 0 Å². The number of rotatable bonds is 7. The second-order valence-corrected chi connectivity index (χ2v) is 7.37. The Morgan fingerprint density at radius 2 is 1.76 bits per heavy atom. The molecule has 0 aliphatic rings. The van der Waals surface area contributed by atoms with Gasteiger partial charge < -0.3 is 14.3 Å². The number of aryl methyl sites for hydroxylation is 2. The van der Waals surface area contributed by atoms with Gasteiger partial charge in [-0.1, -0.05) is 11.6 Å². The van der Waals surface area contributed by atoms with Crippen molar-refractivity contribution >= 4 is 17.7 Å². The van der Waals surface area contributed by atoms with Gasteiger partial charge in [-0.05, 0) is 65.2 Å². The van der Waals surface area contributed by atoms with Gasteiger partial charge in [0.05, 0.1) is 18.6 Å². The lowest BCUT2D eigenvalue weighted by molar-refractivity contribution is -0.161. The van der Waals surface area contributed by atoms with Gasteiger partial charge in [-0.2, -0.15) is 0 Å². The van der Waals surface area contributed by atoms with E-state index in [-0.39, 0.29) is 18.2 Å². The number of Topliss-reactive ketones (excluding diaryl/α,β-unsaturated/α-hetero) is 1. The Morgan fingerprint density at radius 1 is 1.12 bits per heavy atom. The Bertz CT molecular complexity index is 640. The van der Waals surface area contributed by atoms with Crippen LogP contribution in [0.15, 0.2) is 18.2 Å². The third-order valence-corrected chi connectivity index (χ3v) is 3.61. The molecule has 0 saturated heterocycles. The maximum Gasteiger partial charge on any atom is 0.337 e. The second kappa shape index (κ2) is 8.79. The minimum atomic E-state index is -0.590. The first kappa shape index (κ1) is 20.9. The number of hydrogen-bond acceptors (Lipinski definition) is 5. The van der Waals surface area contributed by atoms with E-state index in [9.17, 15) is 14.4 Å². The molecule has 5 nitrogen and oxygen atoms in total. The largest absolute Gasteiger partial charge is 0.465 e. The van der Waals surface area contributed by atoms with Gasteiger partial charge in [0.25, 0.3) is 0 Å². The summed E-state index contributed by atoms with van der Waals surface area (Å²) in [5.41, 5.74) is 1.77. The number of methoxy groups -OCH3 is 1. The molecule has 1 aromatic rings. The molecule has 5 heteroatoms. The van der Waals surface area contributed by atoms with Gasteiger partial charge in [-0.25, -0.2) is 4.79 Å². The van der Waals surface area contributed by atoms with E-state index in [0.29, 0.717) is 18.4 Å². The summed E-state index contributed by atoms with van der Waals surface area (Å²) in [7, 11) is 1.34. The smallest absolute Gasteiger partial charge is 0.337 e. The molecule has 0 N–H and O–H groups in total. The van der Waals surface area contributed by atoms with Crippen molar-refractivity contribution in [2.24, 2.45) is 5.92 Å². The summed E-state index contributed by atoms with van der Waals surface area (Å²) >= 11 is 0. The summed E-state index contributed by atoms with van der Waals surface area (Å²) < 4.78 is 10.2. The summed E-state index contributed by atoms with van der Waals surface area (Å²) in [6, 6.07) is 5.49. The molecule has 138 valence electrons. The number of ketones is 1. The molecule has 0 saturated carbocycles. The lowest BCUT2D eigenvalue weighted by Crippen LogP contribution is -2.30. The van der Waals surface area contributed by atoms with Crippen LogP contribution < -0.4 is 0 Å². The molecule has 0 unspecified atom stereocenters. The van der Waals surface area contributed by atoms with Crippen LogP contribution in [0.3, 0.4) is 0 Å². The van der Waals surface area contributed by atoms with Gasteiger partial charge in [0.15, 0.2) is 0 Å². The monoisotopic (exact) mass is 348 g/mol. The fourth-order valence-corrected chi connectivity index (χ4v) is 2.62. The van der Waals surface area contributed by atoms with Crippen LogP contribution in [-0.2, 0) is 25.5 Å². The molecule has 0 heterocycles. The third kappa shape index (κ3) is 7.50. The molecule has 0 aliphatic heterocycles. The Hall–Kier alpha value is -2.17. The third-order valence-electron chi connectivity index (χ3n) is 3.61. The first-order chi connectivity index (χ1) is 11.5. The highest BCUT2D eigenvalue weighted by Gasteiger charge is 2.26. The van der Waals surface area contributed by atoms with Gasteiger partial charge in [0.1, 0.15) is 11.4 Å². The minimum Gasteiger partial charge on any atom is -0.465 e. The number of carbonyl (C=O) groups is 3. The SMILES string of the molecule is COC(=O)c1cc(C)cc(CC[C@@H](CC(C)=O)C(=O)OC(C)(C)C)c1. The first-order valence-corrected chi connectivity index (χ1v) is 8.43. The molecule has 0 aliphatic carbocycles. The molecule has 0 bridgehead atoms. The van der Waals surface area contributed by atoms with Crippen LogP contribution in [0.4, 0.5) is 0 Å². The average Bonchev–Trinajstić information content (AvgIpc) is 2.47. The highest BCUT2D eigenvalue weighted by molar-refractivity contribution is 5.89. The van der Waals surface area contributed by atoms with Gasteiger partial charge >= 0.3 is 11.9 Å². The molecular formula is C20H28O5. The van der Waals surface area contributed by atoms with Crippen molar-refractivity contribution in [2.75, 3.05) is 7.11 Å². The Labute approximate surface area is 149 Å². The molecule has 1 rings (SSSR count). The minimum absolute atomic E-state index is 0.0460. The standard InChI is InChI=1S/C20H28O5/c1-13-9-15(12-17(10-13)18(22)24-6)7-8-16(11-14(2)21)19(23)25-20(3,4)5/h9-10,12,16H,7-8,11H2,1-6H3/t16-/m0/s1. The predicted octanol–water partition coefficient (Wildman–Crippen LogP) is 3.65. The van der Waals surface area contributed by atoms with Crippen molar-refractivity contribution in [3.63, 3.8) is 0 Å². The summed E-state index contributed by atoms with van der Waals surface area (Å²) in [4.78, 5) is 35.6. The lowest BCUT2D eigenvalue weighted by atomic mass is 9.93. The molecule has 25 heavy (non-hydrogen) atoms. The Morgan fingerprint density at radius 3 is 2.28 bits per heavy atom. The highest BCUT2D eigenvalue weighted by atomic mass is 16.6. The number of benzene rings is 1. The molecule has 1 atom stereocenters. The zero-order valence-electron chi connectivity index (χ0n) is 16.0. The number of ether oxygens (including phenoxy) is 2. The normalized spacial score (nSPS) is 12.4. The number of esters is 2. The van der Waals surface area contributed by atoms with E-state index in [2.05, 4.69) is 0 Å². The average molecular weight is 348 g/mol. The first-order valence-electron chi connectivity index (χ1n) is 8.43. The molecule has 0 fully saturated rings. The van der Waals surface area contributed by atoms with Gasteiger partial charge in [-0.3, -0.25) is 4.79 Å². The van der Waals surface area contributed by atoms with Crippen molar-refractivity contribution in [1.29, 1.82) is 0 Å². The van der Waals surface area contributed by atoms with E-state index in [1.807, 2.05) is 13.0 Å². The topological polar surface area (TPSA) is 69.7 Å². The number of hydrogen-bond donors (Lipinski definition) is 0. The maximum absolute atomic E-state index is 12.4. The quantitative estimate of drug-likeness (QED) is 0.704. The molecule has 0 amide bonds. The molecule has 0 spiro atoms. The van der Waals surface area contributed by atoms with E-state index in [4.69, 9.17) is 9.47 Å². The van der Waals surface area contributed by atoms with Crippen molar-refractivity contribution < 1.29 is 23.9 Å². The van der Waals surface area contributed by atoms with E-state index in [1.165, 1.54) is 14.0 Å². The van der Waals surface area contributed by atoms with Crippen LogP contribution in [0.5, 0.6) is 0 Å². The van der Waals surface area contributed by atoms with Crippen LogP contribution >= 0.6 is 0 Å². The molecule has 0 radical (unpaired) electrons. The molecule has 1 aromatic carbocycles. The zero-order chi connectivity index (χ0) is 19.2. The fourth-order valence-electron chi connectivity index (χ4n) is 2.62. The van der Waals surface area contributed by atoms with E-state index in [0.717, 1.165) is 11.1 Å². The van der Waals surface area contributed by atoms with Crippen molar-refractivity contribution in [1.82, 2.24) is 0 Å². The highest BCUT2D eigenvalue weighted by Crippen LogP contribution is 2.21. The van der Waals surface area contributed by atoms with Crippen LogP contribution in [0, 0.1) is 12.8 Å². The van der Waals surface area contributed by atoms with Gasteiger partial charge in [0.2, 0.25) is 0 Å². The van der Waals surface area contributed by atoms with Crippen LogP contribution in [0.25, 0.3) is 0 Å².